The molecular formula is C21H35NO8S. The van der Waals surface area contributed by atoms with E-state index < -0.39 is 55.6 Å². The van der Waals surface area contributed by atoms with Crippen molar-refractivity contribution in [3.05, 3.63) is 12.2 Å². The summed E-state index contributed by atoms with van der Waals surface area (Å²) in [6.07, 6.45) is 3.16. The molecule has 0 fully saturated rings. The molecule has 1 aliphatic heterocycles. The summed E-state index contributed by atoms with van der Waals surface area (Å²) < 4.78 is 44.4. The average molecular weight is 462 g/mol. The van der Waals surface area contributed by atoms with Gasteiger partial charge in [-0.25, -0.2) is 0 Å². The minimum absolute atomic E-state index is 0.0894. The third kappa shape index (κ3) is 5.93. The Balaban J connectivity index is 3.10. The lowest BCUT2D eigenvalue weighted by Crippen LogP contribution is -2.52. The van der Waals surface area contributed by atoms with Crippen molar-refractivity contribution in [3.8, 4) is 0 Å². The second kappa shape index (κ2) is 9.38. The van der Waals surface area contributed by atoms with E-state index >= 15 is 0 Å². The highest BCUT2D eigenvalue weighted by molar-refractivity contribution is 7.87. The Morgan fingerprint density at radius 1 is 1.13 bits per heavy atom. The van der Waals surface area contributed by atoms with Crippen LogP contribution in [-0.2, 0) is 34.0 Å². The number of methoxy groups -OCH3 is 1. The molecular weight excluding hydrogens is 426 g/mol. The zero-order valence-corrected chi connectivity index (χ0v) is 20.4. The van der Waals surface area contributed by atoms with Crippen LogP contribution in [0.4, 0.5) is 0 Å². The summed E-state index contributed by atoms with van der Waals surface area (Å²) >= 11 is 0. The molecule has 31 heavy (non-hydrogen) atoms. The number of rotatable bonds is 11. The number of hydrogen-bond donors (Lipinski definition) is 1. The number of carbonyl (C=O) groups excluding carboxylic acids is 3. The number of carbonyl (C=O) groups is 3. The summed E-state index contributed by atoms with van der Waals surface area (Å²) in [5.74, 6) is -1.82. The average Bonchev–Trinajstić information content (AvgIpc) is 2.95. The highest BCUT2D eigenvalue weighted by Gasteiger charge is 2.52. The number of amides is 2. The highest BCUT2D eigenvalue weighted by Crippen LogP contribution is 2.47. The normalized spacial score (nSPS) is 19.3. The molecule has 1 heterocycles. The van der Waals surface area contributed by atoms with Crippen molar-refractivity contribution in [1.29, 1.82) is 0 Å². The van der Waals surface area contributed by atoms with E-state index in [1.54, 1.807) is 20.8 Å². The lowest BCUT2D eigenvalue weighted by molar-refractivity contribution is -0.154. The van der Waals surface area contributed by atoms with Gasteiger partial charge >= 0.3 is 5.97 Å². The highest BCUT2D eigenvalue weighted by atomic mass is 32.2. The summed E-state index contributed by atoms with van der Waals surface area (Å²) in [4.78, 5) is 37.1. The molecule has 0 saturated heterocycles. The lowest BCUT2D eigenvalue weighted by Gasteiger charge is -2.48. The molecule has 0 aromatic carbocycles. The van der Waals surface area contributed by atoms with Crippen LogP contribution >= 0.6 is 0 Å². The quantitative estimate of drug-likeness (QED) is 0.282. The van der Waals surface area contributed by atoms with Gasteiger partial charge in [0.05, 0.1) is 25.4 Å². The first-order valence-electron chi connectivity index (χ1n) is 10.2. The zero-order valence-electron chi connectivity index (χ0n) is 19.6. The first-order chi connectivity index (χ1) is 13.9. The molecule has 0 spiro atoms. The van der Waals surface area contributed by atoms with Crippen molar-refractivity contribution >= 4 is 27.9 Å². The predicted molar refractivity (Wildman–Crippen MR) is 115 cm³/mol. The number of ether oxygens (including phenoxy) is 2. The van der Waals surface area contributed by atoms with E-state index in [1.165, 1.54) is 12.2 Å². The molecule has 0 aliphatic carbocycles. The van der Waals surface area contributed by atoms with Crippen molar-refractivity contribution in [2.24, 2.45) is 10.8 Å². The Morgan fingerprint density at radius 2 is 1.61 bits per heavy atom. The Bertz CT molecular complexity index is 827. The Morgan fingerprint density at radius 3 is 2.00 bits per heavy atom. The van der Waals surface area contributed by atoms with Gasteiger partial charge in [-0.1, -0.05) is 34.6 Å². The van der Waals surface area contributed by atoms with E-state index in [2.05, 4.69) is 4.74 Å². The zero-order chi connectivity index (χ0) is 24.4. The SMILES string of the molecule is CCC(C)(OCC(C)N1C(=O)C=CC1=O)C(C)(C)CC(C)(C)C(C(=O)OC)S(=O)(=O)O. The van der Waals surface area contributed by atoms with Gasteiger partial charge in [0.25, 0.3) is 21.9 Å². The van der Waals surface area contributed by atoms with Crippen LogP contribution in [0.2, 0.25) is 0 Å². The van der Waals surface area contributed by atoms with Gasteiger partial charge in [0.1, 0.15) is 0 Å². The second-order valence-electron chi connectivity index (χ2n) is 9.59. The maximum Gasteiger partial charge on any atom is 0.327 e. The van der Waals surface area contributed by atoms with Gasteiger partial charge in [0.15, 0.2) is 5.25 Å². The van der Waals surface area contributed by atoms with E-state index in [9.17, 15) is 27.4 Å². The van der Waals surface area contributed by atoms with Crippen LogP contribution in [0.25, 0.3) is 0 Å². The topological polar surface area (TPSA) is 127 Å². The van der Waals surface area contributed by atoms with Gasteiger partial charge in [0, 0.05) is 12.2 Å². The van der Waals surface area contributed by atoms with Crippen molar-refractivity contribution in [2.45, 2.75) is 78.2 Å². The van der Waals surface area contributed by atoms with E-state index in [0.29, 0.717) is 6.42 Å². The fourth-order valence-electron chi connectivity index (χ4n) is 4.37. The van der Waals surface area contributed by atoms with Gasteiger partial charge < -0.3 is 9.47 Å². The van der Waals surface area contributed by atoms with Gasteiger partial charge in [-0.05, 0) is 37.5 Å². The fraction of sp³-hybridized carbons (Fsp3) is 0.762. The van der Waals surface area contributed by atoms with Crippen LogP contribution in [0.5, 0.6) is 0 Å². The molecule has 0 aromatic rings. The second-order valence-corrected chi connectivity index (χ2v) is 11.1. The molecule has 178 valence electrons. The van der Waals surface area contributed by atoms with E-state index in [-0.39, 0.29) is 13.0 Å². The van der Waals surface area contributed by atoms with Crippen molar-refractivity contribution in [1.82, 2.24) is 4.90 Å². The van der Waals surface area contributed by atoms with Gasteiger partial charge in [-0.2, -0.15) is 8.42 Å². The van der Waals surface area contributed by atoms with Crippen LogP contribution in [0.1, 0.15) is 61.3 Å². The summed E-state index contributed by atoms with van der Waals surface area (Å²) in [5.41, 5.74) is -2.64. The Hall–Kier alpha value is -1.78. The maximum absolute atomic E-state index is 12.2. The number of hydrogen-bond acceptors (Lipinski definition) is 7. The van der Waals surface area contributed by atoms with E-state index in [1.807, 2.05) is 27.7 Å². The minimum atomic E-state index is -4.71. The molecule has 10 heteroatoms. The molecule has 1 aliphatic rings. The van der Waals surface area contributed by atoms with Gasteiger partial charge in [-0.15, -0.1) is 0 Å². The minimum Gasteiger partial charge on any atom is -0.468 e. The van der Waals surface area contributed by atoms with Crippen LogP contribution in [0.15, 0.2) is 12.2 Å². The van der Waals surface area contributed by atoms with Gasteiger partial charge in [0.2, 0.25) is 0 Å². The third-order valence-electron chi connectivity index (χ3n) is 6.35. The van der Waals surface area contributed by atoms with Crippen molar-refractivity contribution in [2.75, 3.05) is 13.7 Å². The molecule has 9 nitrogen and oxygen atoms in total. The number of esters is 1. The number of nitrogens with zero attached hydrogens (tertiary/aromatic N) is 1. The summed E-state index contributed by atoms with van der Waals surface area (Å²) in [6, 6.07) is -0.495. The molecule has 0 bridgehead atoms. The fourth-order valence-corrected chi connectivity index (χ4v) is 5.60. The molecule has 1 rings (SSSR count). The molecule has 0 aromatic heterocycles. The molecule has 2 amide bonds. The predicted octanol–water partition coefficient (Wildman–Crippen LogP) is 2.36. The Kier molecular flexibility index (Phi) is 8.24. The Labute approximate surface area is 184 Å². The van der Waals surface area contributed by atoms with Crippen LogP contribution < -0.4 is 0 Å². The molecule has 3 unspecified atom stereocenters. The third-order valence-corrected chi connectivity index (χ3v) is 7.78. The van der Waals surface area contributed by atoms with E-state index in [0.717, 1.165) is 12.0 Å². The van der Waals surface area contributed by atoms with Gasteiger partial charge in [-0.3, -0.25) is 23.8 Å². The summed E-state index contributed by atoms with van der Waals surface area (Å²) in [7, 11) is -3.64. The summed E-state index contributed by atoms with van der Waals surface area (Å²) in [5, 5.41) is -1.75. The summed E-state index contributed by atoms with van der Waals surface area (Å²) in [6.45, 7) is 12.5. The monoisotopic (exact) mass is 461 g/mol. The first-order valence-corrected chi connectivity index (χ1v) is 11.7. The molecule has 1 N–H and O–H groups in total. The van der Waals surface area contributed by atoms with Crippen LogP contribution in [0, 0.1) is 10.8 Å². The maximum atomic E-state index is 12.2. The van der Waals surface area contributed by atoms with Crippen LogP contribution in [-0.4, -0.2) is 66.3 Å². The first kappa shape index (κ1) is 27.3. The largest absolute Gasteiger partial charge is 0.468 e. The lowest BCUT2D eigenvalue weighted by atomic mass is 9.64. The van der Waals surface area contributed by atoms with Crippen molar-refractivity contribution < 1.29 is 36.8 Å². The van der Waals surface area contributed by atoms with Crippen LogP contribution in [0.3, 0.4) is 0 Å². The smallest absolute Gasteiger partial charge is 0.327 e. The standard InChI is InChI=1S/C21H35NO8S/c1-9-21(7,30-12-14(2)22-15(23)10-11-16(22)24)20(5,6)13-19(3,4)17(18(25)29-8)31(26,27)28/h10-11,14,17H,9,12-13H2,1-8H3,(H,26,27,28). The van der Waals surface area contributed by atoms with E-state index in [4.69, 9.17) is 4.74 Å². The molecule has 0 radical (unpaired) electrons. The molecule has 0 saturated carbocycles. The number of imide groups is 1. The van der Waals surface area contributed by atoms with Crippen molar-refractivity contribution in [3.63, 3.8) is 0 Å². The molecule has 3 atom stereocenters.